The van der Waals surface area contributed by atoms with Crippen molar-refractivity contribution < 1.29 is 14.3 Å². The lowest BCUT2D eigenvalue weighted by Crippen LogP contribution is -2.34. The maximum absolute atomic E-state index is 12.7. The fourth-order valence-electron chi connectivity index (χ4n) is 2.59. The Balaban J connectivity index is 2.05. The number of carbonyl (C=O) groups is 1. The average molecular weight is 369 g/mol. The number of rotatable bonds is 8. The smallest absolute Gasteiger partial charge is 0.272 e. The highest BCUT2D eigenvalue weighted by Crippen LogP contribution is 2.27. The van der Waals surface area contributed by atoms with Gasteiger partial charge in [0.2, 0.25) is 0 Å². The molecule has 2 aromatic carbocycles. The Morgan fingerprint density at radius 3 is 2.30 bits per heavy atom. The maximum atomic E-state index is 12.7. The molecule has 0 bridgehead atoms. The molecule has 0 saturated carbocycles. The quantitative estimate of drug-likeness (QED) is 0.574. The Morgan fingerprint density at radius 2 is 1.70 bits per heavy atom. The van der Waals surface area contributed by atoms with E-state index in [9.17, 15) is 4.79 Å². The number of carbonyl (C=O) groups excluding carboxylic acids is 1. The molecule has 0 aliphatic rings. The predicted octanol–water partition coefficient (Wildman–Crippen LogP) is 2.64. The molecule has 2 aromatic rings. The molecule has 144 valence electrons. The van der Waals surface area contributed by atoms with Gasteiger partial charge in [0.05, 0.1) is 14.2 Å². The minimum absolute atomic E-state index is 0.201. The lowest BCUT2D eigenvalue weighted by Gasteiger charge is -2.13. The van der Waals surface area contributed by atoms with Crippen molar-refractivity contribution >= 4 is 11.6 Å². The van der Waals surface area contributed by atoms with Gasteiger partial charge in [0.15, 0.2) is 17.2 Å². The van der Waals surface area contributed by atoms with E-state index < -0.39 is 0 Å². The van der Waals surface area contributed by atoms with E-state index in [0.717, 1.165) is 16.7 Å². The van der Waals surface area contributed by atoms with Crippen molar-refractivity contribution in [3.05, 3.63) is 59.2 Å². The molecule has 0 saturated heterocycles. The van der Waals surface area contributed by atoms with Gasteiger partial charge in [-0.3, -0.25) is 4.79 Å². The number of aryl methyl sites for hydroxylation is 1. The topological polar surface area (TPSA) is 63.2 Å². The minimum atomic E-state index is -0.201. The van der Waals surface area contributed by atoms with Crippen molar-refractivity contribution in [3.63, 3.8) is 0 Å². The van der Waals surface area contributed by atoms with Crippen molar-refractivity contribution in [2.24, 2.45) is 5.10 Å². The van der Waals surface area contributed by atoms with Crippen LogP contribution in [0.2, 0.25) is 0 Å². The zero-order valence-electron chi connectivity index (χ0n) is 16.6. The average Bonchev–Trinajstić information content (AvgIpc) is 2.66. The van der Waals surface area contributed by atoms with E-state index in [0.29, 0.717) is 30.2 Å². The van der Waals surface area contributed by atoms with E-state index in [1.54, 1.807) is 33.3 Å². The summed E-state index contributed by atoms with van der Waals surface area (Å²) in [5, 5.41) is 8.93. The van der Waals surface area contributed by atoms with Gasteiger partial charge in [0.25, 0.3) is 5.91 Å². The highest BCUT2D eigenvalue weighted by atomic mass is 16.5. The highest BCUT2D eigenvalue weighted by molar-refractivity contribution is 6.45. The summed E-state index contributed by atoms with van der Waals surface area (Å²) in [6.45, 7) is 2.50. The third kappa shape index (κ3) is 5.74. The zero-order chi connectivity index (χ0) is 19.8. The molecular weight excluding hydrogens is 342 g/mol. The molecule has 0 atom stereocenters. The van der Waals surface area contributed by atoms with Crippen LogP contribution in [-0.2, 0) is 11.2 Å². The molecule has 2 rings (SSSR count). The summed E-state index contributed by atoms with van der Waals surface area (Å²) >= 11 is 0. The minimum Gasteiger partial charge on any atom is -0.493 e. The normalized spacial score (nSPS) is 11.1. The largest absolute Gasteiger partial charge is 0.493 e. The number of amides is 1. The zero-order valence-corrected chi connectivity index (χ0v) is 16.6. The van der Waals surface area contributed by atoms with Crippen LogP contribution in [0.5, 0.6) is 11.5 Å². The molecule has 1 amide bonds. The molecule has 27 heavy (non-hydrogen) atoms. The highest BCUT2D eigenvalue weighted by Gasteiger charge is 2.14. The Labute approximate surface area is 160 Å². The van der Waals surface area contributed by atoms with Gasteiger partial charge in [0, 0.05) is 26.2 Å². The van der Waals surface area contributed by atoms with Crippen molar-refractivity contribution in [1.82, 2.24) is 10.3 Å². The molecule has 6 nitrogen and oxygen atoms in total. The first-order chi connectivity index (χ1) is 12.9. The number of hydrazone groups is 1. The fraction of sp³-hybridized carbons (Fsp3) is 0.333. The van der Waals surface area contributed by atoms with Crippen molar-refractivity contribution in [2.45, 2.75) is 13.3 Å². The second-order valence-corrected chi connectivity index (χ2v) is 6.36. The van der Waals surface area contributed by atoms with Crippen LogP contribution in [0.3, 0.4) is 0 Å². The molecule has 0 spiro atoms. The summed E-state index contributed by atoms with van der Waals surface area (Å²) in [6, 6.07) is 13.5. The van der Waals surface area contributed by atoms with Gasteiger partial charge >= 0.3 is 0 Å². The van der Waals surface area contributed by atoms with E-state index in [-0.39, 0.29) is 5.91 Å². The monoisotopic (exact) mass is 369 g/mol. The third-order valence-electron chi connectivity index (χ3n) is 3.99. The summed E-state index contributed by atoms with van der Waals surface area (Å²) in [7, 11) is 6.81. The predicted molar refractivity (Wildman–Crippen MR) is 108 cm³/mol. The summed E-state index contributed by atoms with van der Waals surface area (Å²) in [5.74, 6) is 1.16. The van der Waals surface area contributed by atoms with Gasteiger partial charge in [-0.2, -0.15) is 5.10 Å². The number of hydrogen-bond donors (Lipinski definition) is 1. The van der Waals surface area contributed by atoms with Crippen LogP contribution in [0.25, 0.3) is 0 Å². The van der Waals surface area contributed by atoms with E-state index in [1.807, 2.05) is 49.4 Å². The van der Waals surface area contributed by atoms with Gasteiger partial charge in [-0.1, -0.05) is 35.9 Å². The van der Waals surface area contributed by atoms with Crippen LogP contribution < -0.4 is 14.8 Å². The third-order valence-corrected chi connectivity index (χ3v) is 3.99. The van der Waals surface area contributed by atoms with Gasteiger partial charge in [-0.25, -0.2) is 0 Å². The number of nitrogens with one attached hydrogen (secondary N) is 1. The van der Waals surface area contributed by atoms with Crippen molar-refractivity contribution in [1.29, 1.82) is 0 Å². The molecule has 6 heteroatoms. The van der Waals surface area contributed by atoms with Gasteiger partial charge in [-0.05, 0) is 31.0 Å². The number of methoxy groups -OCH3 is 2. The molecule has 0 radical (unpaired) electrons. The van der Waals surface area contributed by atoms with Crippen LogP contribution in [0, 0.1) is 6.92 Å². The van der Waals surface area contributed by atoms with E-state index in [2.05, 4.69) is 10.4 Å². The summed E-state index contributed by atoms with van der Waals surface area (Å²) in [6.07, 6.45) is 0.676. The lowest BCUT2D eigenvalue weighted by atomic mass is 10.1. The Hall–Kier alpha value is -3.02. The molecule has 1 N–H and O–H groups in total. The van der Waals surface area contributed by atoms with E-state index in [4.69, 9.17) is 9.47 Å². The SMILES string of the molecule is COc1ccc(CCNC(=O)/C(=N/N(C)C)c2ccc(C)cc2)cc1OC. The number of hydrogen-bond acceptors (Lipinski definition) is 5. The van der Waals surface area contributed by atoms with Crippen LogP contribution in [0.15, 0.2) is 47.6 Å². The molecule has 0 aromatic heterocycles. The molecule has 0 unspecified atom stereocenters. The second kappa shape index (κ2) is 9.62. The second-order valence-electron chi connectivity index (χ2n) is 6.36. The lowest BCUT2D eigenvalue weighted by molar-refractivity contribution is -0.114. The van der Waals surface area contributed by atoms with Crippen LogP contribution >= 0.6 is 0 Å². The van der Waals surface area contributed by atoms with Gasteiger partial charge in [-0.15, -0.1) is 0 Å². The van der Waals surface area contributed by atoms with E-state index in [1.165, 1.54) is 0 Å². The van der Waals surface area contributed by atoms with Crippen molar-refractivity contribution in [2.75, 3.05) is 34.9 Å². The van der Waals surface area contributed by atoms with E-state index >= 15 is 0 Å². The summed E-state index contributed by atoms with van der Waals surface area (Å²) < 4.78 is 10.6. The first kappa shape index (κ1) is 20.3. The number of ether oxygens (including phenoxy) is 2. The van der Waals surface area contributed by atoms with Crippen LogP contribution in [-0.4, -0.2) is 51.5 Å². The summed E-state index contributed by atoms with van der Waals surface area (Å²) in [5.41, 5.74) is 3.37. The van der Waals surface area contributed by atoms with Crippen LogP contribution in [0.1, 0.15) is 16.7 Å². The molecular formula is C21H27N3O3. The number of nitrogens with zero attached hydrogens (tertiary/aromatic N) is 2. The first-order valence-corrected chi connectivity index (χ1v) is 8.76. The van der Waals surface area contributed by atoms with Crippen LogP contribution in [0.4, 0.5) is 0 Å². The standard InChI is InChI=1S/C21H27N3O3/c1-15-6-9-17(10-7-15)20(23-24(2)3)21(25)22-13-12-16-8-11-18(26-4)19(14-16)27-5/h6-11,14H,12-13H2,1-5H3,(H,22,25)/b23-20+. The van der Waals surface area contributed by atoms with Crippen molar-refractivity contribution in [3.8, 4) is 11.5 Å². The Bertz CT molecular complexity index is 799. The van der Waals surface area contributed by atoms with Gasteiger partial charge < -0.3 is 19.8 Å². The summed E-state index contributed by atoms with van der Waals surface area (Å²) in [4.78, 5) is 12.7. The molecule has 0 fully saturated rings. The molecule has 0 heterocycles. The maximum Gasteiger partial charge on any atom is 0.272 e. The Morgan fingerprint density at radius 1 is 1.04 bits per heavy atom. The van der Waals surface area contributed by atoms with Gasteiger partial charge in [0.1, 0.15) is 0 Å². The molecule has 0 aliphatic heterocycles. The number of benzene rings is 2. The Kier molecular flexibility index (Phi) is 7.23. The first-order valence-electron chi connectivity index (χ1n) is 8.76. The molecule has 0 aliphatic carbocycles. The fourth-order valence-corrected chi connectivity index (χ4v) is 2.59.